The third-order valence-electron chi connectivity index (χ3n) is 3.05. The zero-order valence-corrected chi connectivity index (χ0v) is 10.6. The summed E-state index contributed by atoms with van der Waals surface area (Å²) in [6, 6.07) is 7.90. The summed E-state index contributed by atoms with van der Waals surface area (Å²) in [6.07, 6.45) is 1.18. The van der Waals surface area contributed by atoms with E-state index in [1.165, 1.54) is 5.56 Å². The summed E-state index contributed by atoms with van der Waals surface area (Å²) >= 11 is 5.87. The predicted octanol–water partition coefficient (Wildman–Crippen LogP) is 3.17. The van der Waals surface area contributed by atoms with Crippen molar-refractivity contribution in [3.8, 4) is 0 Å². The molecule has 0 saturated carbocycles. The minimum absolute atomic E-state index is 0.138. The van der Waals surface area contributed by atoms with Crippen molar-refractivity contribution in [1.29, 1.82) is 0 Å². The van der Waals surface area contributed by atoms with Crippen LogP contribution in [0.15, 0.2) is 24.3 Å². The van der Waals surface area contributed by atoms with Crippen molar-refractivity contribution in [3.05, 3.63) is 34.9 Å². The molecular formula is C13H18ClNO. The summed E-state index contributed by atoms with van der Waals surface area (Å²) in [7, 11) is 0. The largest absolute Gasteiger partial charge is 0.372 e. The first kappa shape index (κ1) is 11.9. The summed E-state index contributed by atoms with van der Waals surface area (Å²) < 4.78 is 5.86. The van der Waals surface area contributed by atoms with Gasteiger partial charge >= 0.3 is 0 Å². The first-order chi connectivity index (χ1) is 7.57. The maximum Gasteiger partial charge on any atom is 0.0949 e. The molecule has 1 atom stereocenters. The highest BCUT2D eigenvalue weighted by Crippen LogP contribution is 2.24. The minimum Gasteiger partial charge on any atom is -0.372 e. The Balaban J connectivity index is 2.08. The Labute approximate surface area is 102 Å². The van der Waals surface area contributed by atoms with E-state index >= 15 is 0 Å². The van der Waals surface area contributed by atoms with Crippen LogP contribution in [0.25, 0.3) is 0 Å². The maximum absolute atomic E-state index is 5.87. The highest BCUT2D eigenvalue weighted by atomic mass is 35.5. The van der Waals surface area contributed by atoms with E-state index in [1.54, 1.807) is 0 Å². The van der Waals surface area contributed by atoms with Crippen molar-refractivity contribution in [1.82, 2.24) is 5.32 Å². The molecule has 2 nitrogen and oxygen atoms in total. The van der Waals surface area contributed by atoms with Crippen molar-refractivity contribution >= 4 is 11.6 Å². The smallest absolute Gasteiger partial charge is 0.0949 e. The number of benzene rings is 1. The van der Waals surface area contributed by atoms with Gasteiger partial charge in [-0.15, -0.1) is 0 Å². The minimum atomic E-state index is 0.138. The Morgan fingerprint density at radius 1 is 1.31 bits per heavy atom. The second-order valence-corrected chi connectivity index (χ2v) is 5.36. The molecule has 1 unspecified atom stereocenters. The average molecular weight is 240 g/mol. The summed E-state index contributed by atoms with van der Waals surface area (Å²) in [5.74, 6) is 0. The third-order valence-corrected chi connectivity index (χ3v) is 3.31. The predicted molar refractivity (Wildman–Crippen MR) is 66.8 cm³/mol. The number of nitrogens with one attached hydrogen (secondary N) is 1. The zero-order chi connectivity index (χ0) is 11.6. The van der Waals surface area contributed by atoms with Gasteiger partial charge in [0.15, 0.2) is 0 Å². The zero-order valence-electron chi connectivity index (χ0n) is 9.79. The van der Waals surface area contributed by atoms with Crippen molar-refractivity contribution < 1.29 is 4.74 Å². The second kappa shape index (κ2) is 4.74. The molecule has 1 heterocycles. The van der Waals surface area contributed by atoms with Gasteiger partial charge in [-0.1, -0.05) is 23.7 Å². The molecule has 1 saturated heterocycles. The first-order valence-electron chi connectivity index (χ1n) is 5.69. The van der Waals surface area contributed by atoms with E-state index in [0.29, 0.717) is 0 Å². The molecule has 2 rings (SSSR count). The Kier molecular flexibility index (Phi) is 3.53. The lowest BCUT2D eigenvalue weighted by Gasteiger charge is -2.23. The van der Waals surface area contributed by atoms with E-state index in [0.717, 1.165) is 24.6 Å². The van der Waals surface area contributed by atoms with Crippen LogP contribution in [0.5, 0.6) is 0 Å². The third kappa shape index (κ3) is 2.97. The van der Waals surface area contributed by atoms with Gasteiger partial charge in [0.25, 0.3) is 0 Å². The first-order valence-corrected chi connectivity index (χ1v) is 6.07. The number of halogens is 1. The van der Waals surface area contributed by atoms with Crippen molar-refractivity contribution in [2.24, 2.45) is 0 Å². The van der Waals surface area contributed by atoms with Gasteiger partial charge in [0.05, 0.1) is 6.10 Å². The number of ether oxygens (including phenoxy) is 1. The summed E-state index contributed by atoms with van der Waals surface area (Å²) in [5.41, 5.74) is 1.36. The van der Waals surface area contributed by atoms with Crippen LogP contribution < -0.4 is 5.32 Å². The summed E-state index contributed by atoms with van der Waals surface area (Å²) in [6.45, 7) is 6.07. The lowest BCUT2D eigenvalue weighted by atomic mass is 10.0. The van der Waals surface area contributed by atoms with Gasteiger partial charge in [-0.25, -0.2) is 0 Å². The van der Waals surface area contributed by atoms with Gasteiger partial charge < -0.3 is 10.1 Å². The fourth-order valence-corrected chi connectivity index (χ4v) is 1.99. The molecule has 88 valence electrons. The highest BCUT2D eigenvalue weighted by molar-refractivity contribution is 6.30. The van der Waals surface area contributed by atoms with Crippen LogP contribution in [0.4, 0.5) is 0 Å². The molecule has 16 heavy (non-hydrogen) atoms. The lowest BCUT2D eigenvalue weighted by molar-refractivity contribution is 0.0656. The molecule has 1 aromatic rings. The quantitative estimate of drug-likeness (QED) is 0.813. The Hall–Kier alpha value is -0.570. The van der Waals surface area contributed by atoms with E-state index in [2.05, 4.69) is 19.2 Å². The maximum atomic E-state index is 5.87. The van der Waals surface area contributed by atoms with Crippen LogP contribution in [0.3, 0.4) is 0 Å². The standard InChI is InChI=1S/C13H18ClNO/c1-13(2)7-8-16-12(9-15-13)10-3-5-11(14)6-4-10/h3-6,12,15H,7-9H2,1-2H3. The van der Waals surface area contributed by atoms with Crippen LogP contribution in [0, 0.1) is 0 Å². The van der Waals surface area contributed by atoms with E-state index in [-0.39, 0.29) is 11.6 Å². The van der Waals surface area contributed by atoms with Gasteiger partial charge in [0.1, 0.15) is 0 Å². The van der Waals surface area contributed by atoms with Crippen LogP contribution in [-0.4, -0.2) is 18.7 Å². The van der Waals surface area contributed by atoms with E-state index < -0.39 is 0 Å². The van der Waals surface area contributed by atoms with Gasteiger partial charge in [-0.05, 0) is 38.0 Å². The Morgan fingerprint density at radius 2 is 2.00 bits per heavy atom. The number of rotatable bonds is 1. The average Bonchev–Trinajstić information content (AvgIpc) is 2.41. The number of hydrogen-bond acceptors (Lipinski definition) is 2. The lowest BCUT2D eigenvalue weighted by Crippen LogP contribution is -2.39. The van der Waals surface area contributed by atoms with Crippen LogP contribution in [0.2, 0.25) is 5.02 Å². The van der Waals surface area contributed by atoms with E-state index in [9.17, 15) is 0 Å². The molecular weight excluding hydrogens is 222 g/mol. The molecule has 1 fully saturated rings. The van der Waals surface area contributed by atoms with Crippen LogP contribution in [-0.2, 0) is 4.74 Å². The molecule has 1 N–H and O–H groups in total. The molecule has 0 amide bonds. The van der Waals surface area contributed by atoms with Crippen molar-refractivity contribution in [2.45, 2.75) is 31.9 Å². The summed E-state index contributed by atoms with van der Waals surface area (Å²) in [5, 5.41) is 4.30. The Morgan fingerprint density at radius 3 is 2.69 bits per heavy atom. The second-order valence-electron chi connectivity index (χ2n) is 4.93. The molecule has 1 aromatic carbocycles. The molecule has 0 aromatic heterocycles. The monoisotopic (exact) mass is 239 g/mol. The topological polar surface area (TPSA) is 21.3 Å². The SMILES string of the molecule is CC1(C)CCOC(c2ccc(Cl)cc2)CN1. The van der Waals surface area contributed by atoms with Gasteiger partial charge in [-0.2, -0.15) is 0 Å². The molecule has 0 bridgehead atoms. The fraction of sp³-hybridized carbons (Fsp3) is 0.538. The van der Waals surface area contributed by atoms with Crippen molar-refractivity contribution in [3.63, 3.8) is 0 Å². The van der Waals surface area contributed by atoms with Gasteiger partial charge in [0.2, 0.25) is 0 Å². The van der Waals surface area contributed by atoms with E-state index in [1.807, 2.05) is 24.3 Å². The van der Waals surface area contributed by atoms with Crippen molar-refractivity contribution in [2.75, 3.05) is 13.2 Å². The van der Waals surface area contributed by atoms with Crippen LogP contribution >= 0.6 is 11.6 Å². The molecule has 0 spiro atoms. The molecule has 0 aliphatic carbocycles. The molecule has 1 aliphatic rings. The number of hydrogen-bond donors (Lipinski definition) is 1. The Bertz CT molecular complexity index is 347. The highest BCUT2D eigenvalue weighted by Gasteiger charge is 2.24. The van der Waals surface area contributed by atoms with Gasteiger partial charge in [0, 0.05) is 23.7 Å². The molecule has 3 heteroatoms. The molecule has 1 aliphatic heterocycles. The van der Waals surface area contributed by atoms with Gasteiger partial charge in [-0.3, -0.25) is 0 Å². The van der Waals surface area contributed by atoms with E-state index in [4.69, 9.17) is 16.3 Å². The summed E-state index contributed by atoms with van der Waals surface area (Å²) in [4.78, 5) is 0. The van der Waals surface area contributed by atoms with Crippen LogP contribution in [0.1, 0.15) is 31.9 Å². The fourth-order valence-electron chi connectivity index (χ4n) is 1.86. The molecule has 0 radical (unpaired) electrons. The normalized spacial score (nSPS) is 25.1.